The second-order valence-corrected chi connectivity index (χ2v) is 4.89. The third kappa shape index (κ3) is 2.45. The van der Waals surface area contributed by atoms with Crippen molar-refractivity contribution in [3.05, 3.63) is 48.3 Å². The zero-order valence-corrected chi connectivity index (χ0v) is 10.7. The maximum atomic E-state index is 8.83. The first kappa shape index (κ1) is 11.8. The average molecular weight is 252 g/mol. The van der Waals surface area contributed by atoms with Gasteiger partial charge >= 0.3 is 0 Å². The van der Waals surface area contributed by atoms with Gasteiger partial charge in [-0.3, -0.25) is 4.68 Å². The molecular formula is C15H16N4. The lowest BCUT2D eigenvalue weighted by molar-refractivity contribution is 0.376. The van der Waals surface area contributed by atoms with Gasteiger partial charge in [0.2, 0.25) is 0 Å². The third-order valence-corrected chi connectivity index (χ3v) is 3.66. The second-order valence-electron chi connectivity index (χ2n) is 4.89. The lowest BCUT2D eigenvalue weighted by Crippen LogP contribution is -2.36. The number of benzene rings is 1. The summed E-state index contributed by atoms with van der Waals surface area (Å²) in [5, 5.41) is 13.2. The van der Waals surface area contributed by atoms with Crippen molar-refractivity contribution in [2.24, 2.45) is 0 Å². The fourth-order valence-electron chi connectivity index (χ4n) is 2.65. The third-order valence-electron chi connectivity index (χ3n) is 3.66. The summed E-state index contributed by atoms with van der Waals surface area (Å²) in [7, 11) is 0. The summed E-state index contributed by atoms with van der Waals surface area (Å²) in [4.78, 5) is 2.37. The lowest BCUT2D eigenvalue weighted by Gasteiger charge is -2.34. The Hall–Kier alpha value is -2.28. The van der Waals surface area contributed by atoms with Crippen molar-refractivity contribution < 1.29 is 0 Å². The van der Waals surface area contributed by atoms with E-state index in [4.69, 9.17) is 5.26 Å². The molecule has 0 N–H and O–H groups in total. The van der Waals surface area contributed by atoms with E-state index in [0.717, 1.165) is 13.1 Å². The topological polar surface area (TPSA) is 44.9 Å². The van der Waals surface area contributed by atoms with Gasteiger partial charge in [0.25, 0.3) is 0 Å². The zero-order valence-electron chi connectivity index (χ0n) is 10.7. The number of piperidine rings is 1. The van der Waals surface area contributed by atoms with Crippen LogP contribution >= 0.6 is 0 Å². The first-order valence-electron chi connectivity index (χ1n) is 6.61. The lowest BCUT2D eigenvalue weighted by atomic mass is 10.0. The highest BCUT2D eigenvalue weighted by molar-refractivity contribution is 5.50. The molecule has 1 aliphatic heterocycles. The highest BCUT2D eigenvalue weighted by Gasteiger charge is 2.21. The van der Waals surface area contributed by atoms with Gasteiger partial charge < -0.3 is 4.90 Å². The van der Waals surface area contributed by atoms with Crippen LogP contribution in [0.2, 0.25) is 0 Å². The van der Waals surface area contributed by atoms with Crippen molar-refractivity contribution in [3.63, 3.8) is 0 Å². The molecular weight excluding hydrogens is 236 g/mol. The molecule has 1 unspecified atom stereocenters. The molecule has 0 radical (unpaired) electrons. The first-order valence-corrected chi connectivity index (χ1v) is 6.61. The second kappa shape index (κ2) is 5.15. The summed E-state index contributed by atoms with van der Waals surface area (Å²) in [6.07, 6.45) is 6.21. The van der Waals surface area contributed by atoms with E-state index in [0.29, 0.717) is 11.6 Å². The first-order chi connectivity index (χ1) is 9.36. The molecule has 4 heteroatoms. The van der Waals surface area contributed by atoms with Crippen molar-refractivity contribution in [2.45, 2.75) is 18.9 Å². The molecule has 96 valence electrons. The maximum Gasteiger partial charge on any atom is 0.0991 e. The number of nitrogens with zero attached hydrogens (tertiary/aromatic N) is 4. The number of anilines is 1. The molecule has 0 spiro atoms. The van der Waals surface area contributed by atoms with Crippen LogP contribution in [0.25, 0.3) is 0 Å². The molecule has 1 aliphatic rings. The Morgan fingerprint density at radius 3 is 2.79 bits per heavy atom. The fourth-order valence-corrected chi connectivity index (χ4v) is 2.65. The Morgan fingerprint density at radius 2 is 2.11 bits per heavy atom. The van der Waals surface area contributed by atoms with Crippen molar-refractivity contribution in [1.82, 2.24) is 9.78 Å². The average Bonchev–Trinajstić information content (AvgIpc) is 3.02. The number of aromatic nitrogens is 2. The van der Waals surface area contributed by atoms with Gasteiger partial charge in [-0.25, -0.2) is 0 Å². The molecule has 2 aromatic rings. The van der Waals surface area contributed by atoms with Crippen molar-refractivity contribution in [2.75, 3.05) is 18.0 Å². The van der Waals surface area contributed by atoms with Crippen LogP contribution in [0.15, 0.2) is 42.7 Å². The van der Waals surface area contributed by atoms with Crippen LogP contribution in [0.4, 0.5) is 5.69 Å². The van der Waals surface area contributed by atoms with E-state index < -0.39 is 0 Å². The monoisotopic (exact) mass is 252 g/mol. The van der Waals surface area contributed by atoms with Crippen LogP contribution in [0, 0.1) is 11.3 Å². The summed E-state index contributed by atoms with van der Waals surface area (Å²) in [6.45, 7) is 2.05. The van der Waals surface area contributed by atoms with Crippen LogP contribution in [-0.2, 0) is 0 Å². The fraction of sp³-hybridized carbons (Fsp3) is 0.333. The molecule has 1 saturated heterocycles. The smallest absolute Gasteiger partial charge is 0.0991 e. The van der Waals surface area contributed by atoms with Crippen LogP contribution in [-0.4, -0.2) is 22.9 Å². The van der Waals surface area contributed by atoms with Gasteiger partial charge in [0.1, 0.15) is 0 Å². The predicted octanol–water partition coefficient (Wildman–Crippen LogP) is 2.60. The molecule has 0 aliphatic carbocycles. The predicted molar refractivity (Wildman–Crippen MR) is 73.9 cm³/mol. The molecule has 1 aromatic carbocycles. The molecule has 1 atom stereocenters. The summed E-state index contributed by atoms with van der Waals surface area (Å²) in [5.41, 5.74) is 1.90. The van der Waals surface area contributed by atoms with Gasteiger partial charge in [0.05, 0.1) is 17.7 Å². The molecule has 0 bridgehead atoms. The van der Waals surface area contributed by atoms with E-state index in [2.05, 4.69) is 20.7 Å². The summed E-state index contributed by atoms with van der Waals surface area (Å²) in [5.74, 6) is 0. The van der Waals surface area contributed by atoms with Crippen molar-refractivity contribution in [1.29, 1.82) is 5.26 Å². The van der Waals surface area contributed by atoms with E-state index in [1.54, 1.807) is 0 Å². The summed E-state index contributed by atoms with van der Waals surface area (Å²) in [6, 6.07) is 12.4. The van der Waals surface area contributed by atoms with E-state index in [-0.39, 0.29) is 0 Å². The summed E-state index contributed by atoms with van der Waals surface area (Å²) >= 11 is 0. The Kier molecular flexibility index (Phi) is 3.20. The minimum Gasteiger partial charge on any atom is -0.369 e. The van der Waals surface area contributed by atoms with E-state index in [9.17, 15) is 0 Å². The van der Waals surface area contributed by atoms with Crippen LogP contribution in [0.1, 0.15) is 24.4 Å². The van der Waals surface area contributed by atoms with Crippen molar-refractivity contribution in [3.8, 4) is 6.07 Å². The Labute approximate surface area is 112 Å². The van der Waals surface area contributed by atoms with Crippen LogP contribution in [0.5, 0.6) is 0 Å². The van der Waals surface area contributed by atoms with Gasteiger partial charge in [-0.1, -0.05) is 0 Å². The quantitative estimate of drug-likeness (QED) is 0.825. The number of nitriles is 1. The van der Waals surface area contributed by atoms with E-state index >= 15 is 0 Å². The number of rotatable bonds is 2. The normalized spacial score (nSPS) is 19.1. The minimum absolute atomic E-state index is 0.444. The zero-order chi connectivity index (χ0) is 13.1. The van der Waals surface area contributed by atoms with Gasteiger partial charge in [0.15, 0.2) is 0 Å². The standard InChI is InChI=1S/C15H16N4/c16-11-13-4-6-14(7-5-13)18-9-1-3-15(12-18)19-10-2-8-17-19/h2,4-8,10,15H,1,3,9,12H2. The largest absolute Gasteiger partial charge is 0.369 e. The van der Waals surface area contributed by atoms with E-state index in [1.807, 2.05) is 42.7 Å². The molecule has 19 heavy (non-hydrogen) atoms. The molecule has 1 fully saturated rings. The Morgan fingerprint density at radius 1 is 1.26 bits per heavy atom. The Bertz CT molecular complexity index is 565. The molecule has 0 saturated carbocycles. The van der Waals surface area contributed by atoms with Gasteiger partial charge in [0, 0.05) is 31.2 Å². The molecule has 4 nitrogen and oxygen atoms in total. The highest BCUT2D eigenvalue weighted by Crippen LogP contribution is 2.25. The van der Waals surface area contributed by atoms with Gasteiger partial charge in [-0.2, -0.15) is 10.4 Å². The maximum absolute atomic E-state index is 8.83. The molecule has 0 amide bonds. The van der Waals surface area contributed by atoms with Gasteiger partial charge in [-0.15, -0.1) is 0 Å². The SMILES string of the molecule is N#Cc1ccc(N2CCCC(n3cccn3)C2)cc1. The van der Waals surface area contributed by atoms with Crippen LogP contribution in [0.3, 0.4) is 0 Å². The van der Waals surface area contributed by atoms with Crippen LogP contribution < -0.4 is 4.90 Å². The Balaban J connectivity index is 1.76. The minimum atomic E-state index is 0.444. The highest BCUT2D eigenvalue weighted by atomic mass is 15.3. The number of hydrogen-bond acceptors (Lipinski definition) is 3. The summed E-state index contributed by atoms with van der Waals surface area (Å²) < 4.78 is 2.05. The van der Waals surface area contributed by atoms with Gasteiger partial charge in [-0.05, 0) is 43.2 Å². The van der Waals surface area contributed by atoms with E-state index in [1.165, 1.54) is 18.5 Å². The molecule has 1 aromatic heterocycles. The molecule has 2 heterocycles. The molecule has 3 rings (SSSR count). The number of hydrogen-bond donors (Lipinski definition) is 0. The van der Waals surface area contributed by atoms with Crippen molar-refractivity contribution >= 4 is 5.69 Å².